The molecule has 1 aliphatic heterocycles. The molecule has 0 radical (unpaired) electrons. The zero-order valence-electron chi connectivity index (χ0n) is 29.7. The van der Waals surface area contributed by atoms with Crippen molar-refractivity contribution in [2.24, 2.45) is 0 Å². The first-order chi connectivity index (χ1) is 27.3. The Labute approximate surface area is 316 Å². The molecule has 0 N–H and O–H groups in total. The fourth-order valence-electron chi connectivity index (χ4n) is 9.03. The van der Waals surface area contributed by atoms with Gasteiger partial charge < -0.3 is 9.30 Å². The standard InChI is InChI=1S/C50H32N4O/c1-3-13-31(14-4-1)48-38-19-7-10-20-41(38)51-50(52-48)54-42-21-11-8-17-35(42)39-29-32(23-26-43(39)54)33-24-27-44-40(30-33)47-45(53(44)34-15-5-2-6-16-34)28-25-37-36-18-9-12-22-46(36)55-49(37)47/h1-24,26-30,37H,25H2. The van der Waals surface area contributed by atoms with Crippen LogP contribution in [-0.2, 0) is 0 Å². The normalized spacial score (nSPS) is 14.5. The molecule has 0 fully saturated rings. The van der Waals surface area contributed by atoms with Crippen LogP contribution >= 0.6 is 0 Å². The highest BCUT2D eigenvalue weighted by Crippen LogP contribution is 2.44. The molecule has 1 aliphatic carbocycles. The Balaban J connectivity index is 1.08. The Morgan fingerprint density at radius 3 is 2.00 bits per heavy atom. The van der Waals surface area contributed by atoms with Crippen LogP contribution in [0.2, 0.25) is 0 Å². The molecule has 0 saturated carbocycles. The third-order valence-electron chi connectivity index (χ3n) is 11.5. The number of rotatable bonds is 4. The number of nitrogens with zero attached hydrogens (tertiary/aromatic N) is 4. The third kappa shape index (κ3) is 4.47. The average molecular weight is 705 g/mol. The van der Waals surface area contributed by atoms with Crippen molar-refractivity contribution in [2.75, 3.05) is 0 Å². The molecule has 4 heterocycles. The van der Waals surface area contributed by atoms with Crippen LogP contribution in [0, 0.1) is 0 Å². The van der Waals surface area contributed by atoms with Crippen molar-refractivity contribution < 1.29 is 4.74 Å². The van der Waals surface area contributed by atoms with Crippen molar-refractivity contribution in [3.8, 4) is 39.8 Å². The number of aromatic nitrogens is 4. The molecule has 0 saturated heterocycles. The number of benzene rings is 7. The summed E-state index contributed by atoms with van der Waals surface area (Å²) >= 11 is 0. The zero-order valence-corrected chi connectivity index (χ0v) is 29.7. The molecule has 12 rings (SSSR count). The summed E-state index contributed by atoms with van der Waals surface area (Å²) in [5.74, 6) is 2.89. The minimum absolute atomic E-state index is 0.212. The van der Waals surface area contributed by atoms with Crippen molar-refractivity contribution in [3.63, 3.8) is 0 Å². The van der Waals surface area contributed by atoms with Crippen LogP contribution in [-0.4, -0.2) is 19.1 Å². The van der Waals surface area contributed by atoms with E-state index in [4.69, 9.17) is 14.7 Å². The molecule has 7 aromatic carbocycles. The Morgan fingerprint density at radius 2 is 1.16 bits per heavy atom. The molecule has 55 heavy (non-hydrogen) atoms. The molecule has 1 atom stereocenters. The highest BCUT2D eigenvalue weighted by atomic mass is 16.5. The van der Waals surface area contributed by atoms with Gasteiger partial charge in [-0.05, 0) is 72.1 Å². The molecular formula is C50H32N4O. The lowest BCUT2D eigenvalue weighted by molar-refractivity contribution is 0.509. The van der Waals surface area contributed by atoms with Crippen LogP contribution in [0.3, 0.4) is 0 Å². The van der Waals surface area contributed by atoms with Crippen molar-refractivity contribution in [1.29, 1.82) is 0 Å². The van der Waals surface area contributed by atoms with Gasteiger partial charge in [-0.25, -0.2) is 9.97 Å². The van der Waals surface area contributed by atoms with E-state index in [0.717, 1.165) is 78.7 Å². The van der Waals surface area contributed by atoms with Gasteiger partial charge in [0.15, 0.2) is 0 Å². The van der Waals surface area contributed by atoms with E-state index >= 15 is 0 Å². The highest BCUT2D eigenvalue weighted by molar-refractivity contribution is 6.10. The largest absolute Gasteiger partial charge is 0.460 e. The van der Waals surface area contributed by atoms with Gasteiger partial charge in [0, 0.05) is 43.6 Å². The predicted octanol–water partition coefficient (Wildman–Crippen LogP) is 10.5. The molecule has 0 bridgehead atoms. The summed E-state index contributed by atoms with van der Waals surface area (Å²) in [6.07, 6.45) is 3.31. The summed E-state index contributed by atoms with van der Waals surface area (Å²) < 4.78 is 11.3. The maximum atomic E-state index is 6.72. The van der Waals surface area contributed by atoms with E-state index in [1.165, 1.54) is 27.0 Å². The number of fused-ring (bicyclic) bond motifs is 10. The molecule has 0 amide bonds. The van der Waals surface area contributed by atoms with Gasteiger partial charge in [0.1, 0.15) is 11.5 Å². The number of hydrogen-bond acceptors (Lipinski definition) is 3. The highest BCUT2D eigenvalue weighted by Gasteiger charge is 2.33. The summed E-state index contributed by atoms with van der Waals surface area (Å²) in [6.45, 7) is 0. The van der Waals surface area contributed by atoms with Crippen LogP contribution in [0.1, 0.15) is 17.9 Å². The lowest BCUT2D eigenvalue weighted by Crippen LogP contribution is -2.34. The second-order valence-electron chi connectivity index (χ2n) is 14.5. The lowest BCUT2D eigenvalue weighted by Gasteiger charge is -2.13. The monoisotopic (exact) mass is 704 g/mol. The fraction of sp³-hybridized carbons (Fsp3) is 0.0400. The topological polar surface area (TPSA) is 44.9 Å². The van der Waals surface area contributed by atoms with Gasteiger partial charge in [0.05, 0.1) is 39.0 Å². The quantitative estimate of drug-likeness (QED) is 0.183. The summed E-state index contributed by atoms with van der Waals surface area (Å²) in [6, 6.07) is 60.1. The summed E-state index contributed by atoms with van der Waals surface area (Å²) in [5, 5.41) is 6.94. The Morgan fingerprint density at radius 1 is 0.509 bits per heavy atom. The summed E-state index contributed by atoms with van der Waals surface area (Å²) in [7, 11) is 0. The van der Waals surface area contributed by atoms with Crippen molar-refractivity contribution >= 4 is 55.4 Å². The third-order valence-corrected chi connectivity index (χ3v) is 11.5. The Bertz CT molecular complexity index is 3320. The molecule has 3 aromatic heterocycles. The van der Waals surface area contributed by atoms with Gasteiger partial charge in [0.2, 0.25) is 5.95 Å². The summed E-state index contributed by atoms with van der Waals surface area (Å²) in [4.78, 5) is 10.4. The van der Waals surface area contributed by atoms with E-state index in [0.29, 0.717) is 5.95 Å². The Hall–Kier alpha value is -7.24. The molecule has 10 aromatic rings. The number of para-hydroxylation sites is 4. The molecule has 5 nitrogen and oxygen atoms in total. The van der Waals surface area contributed by atoms with Crippen LogP contribution < -0.4 is 15.3 Å². The zero-order chi connectivity index (χ0) is 36.0. The average Bonchev–Trinajstić information content (AvgIpc) is 3.91. The minimum atomic E-state index is 0.212. The van der Waals surface area contributed by atoms with E-state index in [1.54, 1.807) is 0 Å². The van der Waals surface area contributed by atoms with Crippen LogP contribution in [0.25, 0.3) is 89.5 Å². The van der Waals surface area contributed by atoms with E-state index in [9.17, 15) is 0 Å². The van der Waals surface area contributed by atoms with Crippen molar-refractivity contribution in [1.82, 2.24) is 19.1 Å². The molecule has 258 valence electrons. The minimum Gasteiger partial charge on any atom is -0.460 e. The van der Waals surface area contributed by atoms with E-state index in [-0.39, 0.29) is 5.92 Å². The lowest BCUT2D eigenvalue weighted by atomic mass is 9.91. The van der Waals surface area contributed by atoms with Gasteiger partial charge in [0.25, 0.3) is 0 Å². The molecule has 1 unspecified atom stereocenters. The summed E-state index contributed by atoms with van der Waals surface area (Å²) in [5.41, 5.74) is 10.9. The Kier molecular flexibility index (Phi) is 6.39. The second kappa shape index (κ2) is 11.6. The van der Waals surface area contributed by atoms with Gasteiger partial charge in [-0.15, -0.1) is 0 Å². The van der Waals surface area contributed by atoms with Gasteiger partial charge in [-0.2, -0.15) is 0 Å². The van der Waals surface area contributed by atoms with Crippen LogP contribution in [0.5, 0.6) is 5.75 Å². The maximum absolute atomic E-state index is 6.72. The smallest absolute Gasteiger partial charge is 0.235 e. The van der Waals surface area contributed by atoms with Crippen molar-refractivity contribution in [3.05, 3.63) is 186 Å². The second-order valence-corrected chi connectivity index (χ2v) is 14.5. The fourth-order valence-corrected chi connectivity index (χ4v) is 9.03. The number of hydrogen-bond donors (Lipinski definition) is 0. The first-order valence-corrected chi connectivity index (χ1v) is 18.9. The molecule has 0 spiro atoms. The van der Waals surface area contributed by atoms with Crippen LogP contribution in [0.4, 0.5) is 0 Å². The molecule has 5 heteroatoms. The molecular weight excluding hydrogens is 673 g/mol. The van der Waals surface area contributed by atoms with Gasteiger partial charge >= 0.3 is 0 Å². The number of ether oxygens (including phenoxy) is 1. The SMILES string of the molecule is C1=c2c(c3cc(-c4ccc5c(c4)c4ccccc4n5-c4nc(-c5ccccc5)c5ccccc5n4)ccc3n2-c2ccccc2)=C2Oc3ccccc3C2C1. The first-order valence-electron chi connectivity index (χ1n) is 18.9. The van der Waals surface area contributed by atoms with E-state index in [1.807, 2.05) is 12.1 Å². The maximum Gasteiger partial charge on any atom is 0.235 e. The molecule has 2 aliphatic rings. The van der Waals surface area contributed by atoms with Gasteiger partial charge in [-0.1, -0.05) is 121 Å². The van der Waals surface area contributed by atoms with Crippen LogP contribution in [0.15, 0.2) is 170 Å². The van der Waals surface area contributed by atoms with Crippen molar-refractivity contribution in [2.45, 2.75) is 12.3 Å². The van der Waals surface area contributed by atoms with E-state index < -0.39 is 0 Å². The van der Waals surface area contributed by atoms with Gasteiger partial charge in [-0.3, -0.25) is 4.57 Å². The first kappa shape index (κ1) is 30.2. The van der Waals surface area contributed by atoms with E-state index in [2.05, 4.69) is 173 Å². The predicted molar refractivity (Wildman–Crippen MR) is 223 cm³/mol.